The molecule has 19 heavy (non-hydrogen) atoms. The molecule has 0 fully saturated rings. The fourth-order valence-electron chi connectivity index (χ4n) is 2.58. The van der Waals surface area contributed by atoms with Gasteiger partial charge in [0.25, 0.3) is 0 Å². The van der Waals surface area contributed by atoms with Crippen LogP contribution in [0.4, 0.5) is 0 Å². The summed E-state index contributed by atoms with van der Waals surface area (Å²) in [4.78, 5) is 0. The first-order valence-electron chi connectivity index (χ1n) is 6.62. The Morgan fingerprint density at radius 2 is 1.84 bits per heavy atom. The number of nitrogens with zero attached hydrogens (tertiary/aromatic N) is 1. The van der Waals surface area contributed by atoms with E-state index >= 15 is 0 Å². The maximum atomic E-state index is 5.87. The zero-order valence-electron chi connectivity index (χ0n) is 11.1. The van der Waals surface area contributed by atoms with Gasteiger partial charge >= 0.3 is 0 Å². The van der Waals surface area contributed by atoms with Crippen molar-refractivity contribution in [1.82, 2.24) is 4.57 Å². The van der Waals surface area contributed by atoms with Crippen molar-refractivity contribution >= 4 is 21.8 Å². The molecule has 0 saturated heterocycles. The molecule has 0 aliphatic heterocycles. The Bertz CT molecular complexity index is 715. The van der Waals surface area contributed by atoms with Crippen LogP contribution in [0.1, 0.15) is 6.42 Å². The third-order valence-corrected chi connectivity index (χ3v) is 3.50. The number of fused-ring (bicyclic) bond motifs is 3. The molecule has 0 amide bonds. The second kappa shape index (κ2) is 4.94. The van der Waals surface area contributed by atoms with Crippen molar-refractivity contribution in [2.45, 2.75) is 6.42 Å². The van der Waals surface area contributed by atoms with E-state index in [-0.39, 0.29) is 0 Å². The lowest BCUT2D eigenvalue weighted by Gasteiger charge is -2.08. The van der Waals surface area contributed by atoms with E-state index in [9.17, 15) is 0 Å². The predicted molar refractivity (Wildman–Crippen MR) is 79.6 cm³/mol. The molecule has 0 unspecified atom stereocenters. The quantitative estimate of drug-likeness (QED) is 0.727. The minimum Gasteiger partial charge on any atom is -0.491 e. The first-order valence-corrected chi connectivity index (χ1v) is 6.62. The molecule has 98 valence electrons. The van der Waals surface area contributed by atoms with Gasteiger partial charge < -0.3 is 15.0 Å². The Labute approximate surface area is 112 Å². The van der Waals surface area contributed by atoms with Gasteiger partial charge in [0.1, 0.15) is 5.75 Å². The zero-order valence-corrected chi connectivity index (χ0v) is 11.1. The van der Waals surface area contributed by atoms with Crippen LogP contribution in [0, 0.1) is 0 Å². The second-order valence-corrected chi connectivity index (χ2v) is 4.72. The number of ether oxygens (including phenoxy) is 1. The molecule has 3 heteroatoms. The molecular weight excluding hydrogens is 236 g/mol. The molecule has 3 nitrogen and oxygen atoms in total. The van der Waals surface area contributed by atoms with Gasteiger partial charge in [0.05, 0.1) is 12.1 Å². The molecule has 1 aromatic heterocycles. The van der Waals surface area contributed by atoms with Crippen LogP contribution in [0.15, 0.2) is 42.5 Å². The number of nitrogens with two attached hydrogens (primary N) is 1. The summed E-state index contributed by atoms with van der Waals surface area (Å²) < 4.78 is 8.07. The van der Waals surface area contributed by atoms with Gasteiger partial charge in [-0.2, -0.15) is 0 Å². The van der Waals surface area contributed by atoms with E-state index in [0.717, 1.165) is 17.7 Å². The van der Waals surface area contributed by atoms with Gasteiger partial charge in [0, 0.05) is 23.3 Å². The summed E-state index contributed by atoms with van der Waals surface area (Å²) in [5.74, 6) is 0.935. The molecular formula is C16H18N2O. The topological polar surface area (TPSA) is 40.2 Å². The number of benzene rings is 2. The minimum atomic E-state index is 0.658. The maximum Gasteiger partial charge on any atom is 0.143 e. The van der Waals surface area contributed by atoms with Crippen LogP contribution in [0.25, 0.3) is 21.8 Å². The number of aryl methyl sites for hydroxylation is 1. The summed E-state index contributed by atoms with van der Waals surface area (Å²) >= 11 is 0. The molecule has 1 heterocycles. The van der Waals surface area contributed by atoms with E-state index in [0.29, 0.717) is 13.2 Å². The molecule has 0 aliphatic rings. The second-order valence-electron chi connectivity index (χ2n) is 4.72. The van der Waals surface area contributed by atoms with E-state index in [1.165, 1.54) is 16.3 Å². The van der Waals surface area contributed by atoms with Gasteiger partial charge in [-0.15, -0.1) is 0 Å². The Kier molecular flexibility index (Phi) is 3.13. The molecule has 3 aromatic rings. The maximum absolute atomic E-state index is 5.87. The van der Waals surface area contributed by atoms with Gasteiger partial charge in [-0.3, -0.25) is 0 Å². The van der Waals surface area contributed by atoms with E-state index in [1.54, 1.807) is 0 Å². The van der Waals surface area contributed by atoms with Crippen LogP contribution in [0.2, 0.25) is 0 Å². The van der Waals surface area contributed by atoms with Crippen LogP contribution in [0.3, 0.4) is 0 Å². The standard InChI is InChI=1S/C16H18N2O/c1-18-14-8-3-2-6-12(14)13-7-4-9-15(16(13)18)19-11-5-10-17/h2-4,6-9H,5,10-11,17H2,1H3. The van der Waals surface area contributed by atoms with Crippen molar-refractivity contribution in [1.29, 1.82) is 0 Å². The molecule has 2 N–H and O–H groups in total. The molecule has 0 aliphatic carbocycles. The van der Waals surface area contributed by atoms with E-state index in [1.807, 2.05) is 12.1 Å². The number of aromatic nitrogens is 1. The van der Waals surface area contributed by atoms with Gasteiger partial charge in [0.2, 0.25) is 0 Å². The Morgan fingerprint density at radius 3 is 2.68 bits per heavy atom. The molecule has 0 spiro atoms. The van der Waals surface area contributed by atoms with E-state index < -0.39 is 0 Å². The van der Waals surface area contributed by atoms with Crippen LogP contribution in [0.5, 0.6) is 5.75 Å². The van der Waals surface area contributed by atoms with Crippen LogP contribution < -0.4 is 10.5 Å². The van der Waals surface area contributed by atoms with Crippen molar-refractivity contribution in [2.24, 2.45) is 12.8 Å². The summed E-state index contributed by atoms with van der Waals surface area (Å²) in [6, 6.07) is 14.7. The zero-order chi connectivity index (χ0) is 13.2. The van der Waals surface area contributed by atoms with Gasteiger partial charge in [-0.25, -0.2) is 0 Å². The predicted octanol–water partition coefficient (Wildman–Crippen LogP) is 3.06. The molecule has 0 atom stereocenters. The van der Waals surface area contributed by atoms with Crippen molar-refractivity contribution in [2.75, 3.05) is 13.2 Å². The molecule has 0 bridgehead atoms. The van der Waals surface area contributed by atoms with Crippen molar-refractivity contribution in [3.05, 3.63) is 42.5 Å². The third kappa shape index (κ3) is 1.96. The monoisotopic (exact) mass is 254 g/mol. The number of rotatable bonds is 4. The first-order chi connectivity index (χ1) is 9.33. The van der Waals surface area contributed by atoms with Crippen LogP contribution >= 0.6 is 0 Å². The molecule has 0 radical (unpaired) electrons. The highest BCUT2D eigenvalue weighted by atomic mass is 16.5. The van der Waals surface area contributed by atoms with Crippen molar-refractivity contribution in [3.8, 4) is 5.75 Å². The minimum absolute atomic E-state index is 0.658. The average Bonchev–Trinajstić information content (AvgIpc) is 2.74. The Balaban J connectivity index is 2.18. The fraction of sp³-hybridized carbons (Fsp3) is 0.250. The highest BCUT2D eigenvalue weighted by Gasteiger charge is 2.11. The largest absolute Gasteiger partial charge is 0.491 e. The molecule has 3 rings (SSSR count). The molecule has 0 saturated carbocycles. The summed E-state index contributed by atoms with van der Waals surface area (Å²) in [5, 5.41) is 2.51. The lowest BCUT2D eigenvalue weighted by atomic mass is 10.1. The highest BCUT2D eigenvalue weighted by Crippen LogP contribution is 2.33. The van der Waals surface area contributed by atoms with Gasteiger partial charge in [-0.05, 0) is 25.1 Å². The van der Waals surface area contributed by atoms with Crippen LogP contribution in [-0.2, 0) is 7.05 Å². The Morgan fingerprint density at radius 1 is 1.05 bits per heavy atom. The summed E-state index contributed by atoms with van der Waals surface area (Å²) in [6.07, 6.45) is 0.875. The summed E-state index contributed by atoms with van der Waals surface area (Å²) in [6.45, 7) is 1.32. The normalized spacial score (nSPS) is 11.3. The number of hydrogen-bond acceptors (Lipinski definition) is 2. The number of hydrogen-bond donors (Lipinski definition) is 1. The van der Waals surface area contributed by atoms with Crippen molar-refractivity contribution in [3.63, 3.8) is 0 Å². The fourth-order valence-corrected chi connectivity index (χ4v) is 2.58. The van der Waals surface area contributed by atoms with Gasteiger partial charge in [0.15, 0.2) is 0 Å². The van der Waals surface area contributed by atoms with E-state index in [2.05, 4.69) is 41.9 Å². The highest BCUT2D eigenvalue weighted by molar-refractivity contribution is 6.09. The summed E-state index contributed by atoms with van der Waals surface area (Å²) in [7, 11) is 2.08. The smallest absolute Gasteiger partial charge is 0.143 e. The van der Waals surface area contributed by atoms with E-state index in [4.69, 9.17) is 10.5 Å². The average molecular weight is 254 g/mol. The summed E-state index contributed by atoms with van der Waals surface area (Å²) in [5.41, 5.74) is 7.89. The molecule has 2 aromatic carbocycles. The number of para-hydroxylation sites is 2. The Hall–Kier alpha value is -2.00. The lowest BCUT2D eigenvalue weighted by molar-refractivity contribution is 0.316. The van der Waals surface area contributed by atoms with Crippen molar-refractivity contribution < 1.29 is 4.74 Å². The van der Waals surface area contributed by atoms with Gasteiger partial charge in [-0.1, -0.05) is 30.3 Å². The first kappa shape index (κ1) is 12.1. The lowest BCUT2D eigenvalue weighted by Crippen LogP contribution is -2.06. The van der Waals surface area contributed by atoms with Crippen LogP contribution in [-0.4, -0.2) is 17.7 Å². The SMILES string of the molecule is Cn1c2ccccc2c2cccc(OCCCN)c21. The third-order valence-electron chi connectivity index (χ3n) is 3.50.